The number of hydrogen-bond donors (Lipinski definition) is 0. The third-order valence-electron chi connectivity index (χ3n) is 13.2. The van der Waals surface area contributed by atoms with Crippen molar-refractivity contribution in [3.63, 3.8) is 0 Å². The molecule has 5 nitrogen and oxygen atoms in total. The van der Waals surface area contributed by atoms with Gasteiger partial charge in [-0.15, -0.1) is 0 Å². The summed E-state index contributed by atoms with van der Waals surface area (Å²) in [5, 5.41) is 4.53. The molecule has 3 heterocycles. The van der Waals surface area contributed by atoms with Crippen molar-refractivity contribution in [2.75, 3.05) is 0 Å². The summed E-state index contributed by atoms with van der Waals surface area (Å²) in [6.07, 6.45) is 0. The van der Waals surface area contributed by atoms with Gasteiger partial charge in [0.1, 0.15) is 0 Å². The summed E-state index contributed by atoms with van der Waals surface area (Å²) in [6, 6.07) is 88.1. The van der Waals surface area contributed by atoms with Crippen LogP contribution < -0.4 is 0 Å². The molecule has 0 spiro atoms. The topological polar surface area (TPSA) is 48.5 Å². The number of hydrogen-bond acceptors (Lipinski definition) is 3. The molecule has 0 aliphatic carbocycles. The average molecular weight is 868 g/mol. The Balaban J connectivity index is 1.05. The zero-order chi connectivity index (χ0) is 45.0. The minimum absolute atomic E-state index is 0.552. The lowest BCUT2D eigenvalue weighted by Crippen LogP contribution is -2.06. The first-order chi connectivity index (χ1) is 33.7. The summed E-state index contributed by atoms with van der Waals surface area (Å²) in [4.78, 5) is 16.1. The summed E-state index contributed by atoms with van der Waals surface area (Å²) < 4.78 is 4.70. The van der Waals surface area contributed by atoms with E-state index in [9.17, 15) is 0 Å². The van der Waals surface area contributed by atoms with Crippen LogP contribution in [0.1, 0.15) is 0 Å². The van der Waals surface area contributed by atoms with Gasteiger partial charge in [-0.3, -0.25) is 4.57 Å². The van der Waals surface area contributed by atoms with Crippen molar-refractivity contribution >= 4 is 43.6 Å². The number of rotatable bonds is 8. The predicted molar refractivity (Wildman–Crippen MR) is 281 cm³/mol. The first-order valence-corrected chi connectivity index (χ1v) is 23.0. The van der Waals surface area contributed by atoms with Crippen molar-refractivity contribution in [2.24, 2.45) is 0 Å². The summed E-state index contributed by atoms with van der Waals surface area (Å²) in [5.74, 6) is 1.75. The van der Waals surface area contributed by atoms with Gasteiger partial charge in [-0.2, -0.15) is 9.97 Å². The Morgan fingerprint density at radius 2 is 0.735 bits per heavy atom. The molecule has 0 aliphatic heterocycles. The van der Waals surface area contributed by atoms with Crippen LogP contribution in [0.3, 0.4) is 0 Å². The van der Waals surface area contributed by atoms with Gasteiger partial charge in [-0.25, -0.2) is 4.98 Å². The lowest BCUT2D eigenvalue weighted by Gasteiger charge is -2.15. The fraction of sp³-hybridized carbons (Fsp3) is 0. The van der Waals surface area contributed by atoms with E-state index in [4.69, 9.17) is 15.0 Å². The molecule has 0 unspecified atom stereocenters. The third-order valence-corrected chi connectivity index (χ3v) is 13.2. The fourth-order valence-corrected chi connectivity index (χ4v) is 10.00. The van der Waals surface area contributed by atoms with Crippen LogP contribution >= 0.6 is 0 Å². The number of benzene rings is 10. The van der Waals surface area contributed by atoms with E-state index >= 15 is 0 Å². The van der Waals surface area contributed by atoms with Gasteiger partial charge in [0.2, 0.25) is 5.95 Å². The Morgan fingerprint density at radius 3 is 1.40 bits per heavy atom. The number of fused-ring (bicyclic) bond motifs is 7. The normalized spacial score (nSPS) is 11.5. The number of para-hydroxylation sites is 3. The predicted octanol–water partition coefficient (Wildman–Crippen LogP) is 16.1. The zero-order valence-corrected chi connectivity index (χ0v) is 36.9. The first-order valence-electron chi connectivity index (χ1n) is 23.0. The molecule has 3 aromatic heterocycles. The van der Waals surface area contributed by atoms with Crippen LogP contribution in [0.15, 0.2) is 249 Å². The highest BCUT2D eigenvalue weighted by molar-refractivity contribution is 6.26. The summed E-state index contributed by atoms with van der Waals surface area (Å²) in [7, 11) is 0. The Labute approximate surface area is 393 Å². The van der Waals surface area contributed by atoms with Gasteiger partial charge in [0.15, 0.2) is 11.6 Å². The van der Waals surface area contributed by atoms with Crippen LogP contribution in [-0.2, 0) is 0 Å². The second-order valence-electron chi connectivity index (χ2n) is 17.2. The molecule has 0 bridgehead atoms. The van der Waals surface area contributed by atoms with E-state index in [1.165, 1.54) is 11.1 Å². The van der Waals surface area contributed by atoms with Gasteiger partial charge in [0.25, 0.3) is 0 Å². The highest BCUT2D eigenvalue weighted by atomic mass is 15.2. The van der Waals surface area contributed by atoms with Crippen LogP contribution in [0.2, 0.25) is 0 Å². The molecule has 13 rings (SSSR count). The van der Waals surface area contributed by atoms with E-state index in [0.29, 0.717) is 17.6 Å². The lowest BCUT2D eigenvalue weighted by atomic mass is 9.99. The fourth-order valence-electron chi connectivity index (χ4n) is 10.00. The van der Waals surface area contributed by atoms with E-state index < -0.39 is 0 Å². The molecule has 0 atom stereocenters. The zero-order valence-electron chi connectivity index (χ0n) is 36.9. The van der Waals surface area contributed by atoms with Crippen LogP contribution in [0.5, 0.6) is 0 Å². The molecule has 10 aromatic carbocycles. The molecule has 68 heavy (non-hydrogen) atoms. The molecule has 0 N–H and O–H groups in total. The average Bonchev–Trinajstić information content (AvgIpc) is 3.95. The van der Waals surface area contributed by atoms with Crippen LogP contribution in [0.25, 0.3) is 123 Å². The maximum atomic E-state index is 5.44. The molecule has 318 valence electrons. The monoisotopic (exact) mass is 867 g/mol. The van der Waals surface area contributed by atoms with E-state index in [0.717, 1.165) is 93.8 Å². The molecule has 0 saturated heterocycles. The largest absolute Gasteiger partial charge is 0.309 e. The molecule has 13 aromatic rings. The van der Waals surface area contributed by atoms with Gasteiger partial charge in [-0.1, -0.05) is 218 Å². The summed E-state index contributed by atoms with van der Waals surface area (Å²) in [5.41, 5.74) is 16.4. The lowest BCUT2D eigenvalue weighted by molar-refractivity contribution is 0.955. The molecule has 0 saturated carbocycles. The molecule has 0 amide bonds. The number of nitrogens with zero attached hydrogens (tertiary/aromatic N) is 5. The molecular formula is C63H41N5. The van der Waals surface area contributed by atoms with Crippen molar-refractivity contribution in [2.45, 2.75) is 0 Å². The van der Waals surface area contributed by atoms with E-state index in [2.05, 4.69) is 246 Å². The second-order valence-corrected chi connectivity index (χ2v) is 17.2. The highest BCUT2D eigenvalue weighted by Gasteiger charge is 2.24. The van der Waals surface area contributed by atoms with Crippen LogP contribution in [-0.4, -0.2) is 24.1 Å². The summed E-state index contributed by atoms with van der Waals surface area (Å²) in [6.45, 7) is 0. The Hall–Kier alpha value is -9.19. The van der Waals surface area contributed by atoms with Gasteiger partial charge in [-0.05, 0) is 69.3 Å². The standard InChI is InChI=1S/C63H41N5/c1-4-17-42(18-5-1)45-31-35-47(36-32-45)51-25-10-13-28-55(51)67-57-30-15-12-27-54(57)59-58(67)40-39-53-52-26-11-14-29-56(52)68(60(53)59)63-65-61(48-37-33-46(34-38-48)43-19-6-2-7-20-43)64-62(66-63)50-24-16-23-49(41-50)44-21-8-3-9-22-44/h1-41H. The van der Waals surface area contributed by atoms with Crippen molar-refractivity contribution in [1.29, 1.82) is 0 Å². The van der Waals surface area contributed by atoms with Crippen LogP contribution in [0, 0.1) is 0 Å². The first kappa shape index (κ1) is 39.2. The van der Waals surface area contributed by atoms with Gasteiger partial charge >= 0.3 is 0 Å². The third kappa shape index (κ3) is 6.68. The Bertz CT molecular complexity index is 3980. The second kappa shape index (κ2) is 16.4. The Morgan fingerprint density at radius 1 is 0.265 bits per heavy atom. The minimum atomic E-state index is 0.552. The molecular weight excluding hydrogens is 827 g/mol. The van der Waals surface area contributed by atoms with Gasteiger partial charge in [0.05, 0.1) is 27.8 Å². The van der Waals surface area contributed by atoms with E-state index in [-0.39, 0.29) is 0 Å². The molecule has 0 fully saturated rings. The summed E-state index contributed by atoms with van der Waals surface area (Å²) >= 11 is 0. The molecule has 0 radical (unpaired) electrons. The quantitative estimate of drug-likeness (QED) is 0.153. The smallest absolute Gasteiger partial charge is 0.238 e. The van der Waals surface area contributed by atoms with E-state index in [1.54, 1.807) is 0 Å². The minimum Gasteiger partial charge on any atom is -0.309 e. The van der Waals surface area contributed by atoms with Crippen LogP contribution in [0.4, 0.5) is 0 Å². The van der Waals surface area contributed by atoms with Crippen molar-refractivity contribution in [1.82, 2.24) is 24.1 Å². The Kier molecular flexibility index (Phi) is 9.43. The SMILES string of the molecule is c1ccc(-c2ccc(-c3nc(-c4cccc(-c5ccccc5)c4)nc(-n4c5ccccc5c5ccc6c(c7ccccc7n6-c6ccccc6-c6ccc(-c7ccccc7)cc6)c54)n3)cc2)cc1. The van der Waals surface area contributed by atoms with E-state index in [1.807, 2.05) is 12.1 Å². The van der Waals surface area contributed by atoms with Gasteiger partial charge < -0.3 is 4.57 Å². The van der Waals surface area contributed by atoms with Gasteiger partial charge in [0, 0.05) is 38.2 Å². The number of aromatic nitrogens is 5. The molecule has 5 heteroatoms. The van der Waals surface area contributed by atoms with Crippen molar-refractivity contribution in [3.05, 3.63) is 249 Å². The molecule has 0 aliphatic rings. The van der Waals surface area contributed by atoms with Crippen molar-refractivity contribution in [3.8, 4) is 78.9 Å². The van der Waals surface area contributed by atoms with Crippen molar-refractivity contribution < 1.29 is 0 Å². The maximum absolute atomic E-state index is 5.44. The highest BCUT2D eigenvalue weighted by Crippen LogP contribution is 2.43. The maximum Gasteiger partial charge on any atom is 0.238 e.